The molecule has 2 aromatic rings. The van der Waals surface area contributed by atoms with Crippen molar-refractivity contribution in [3.05, 3.63) is 29.5 Å². The summed E-state index contributed by atoms with van der Waals surface area (Å²) in [6.45, 7) is 4.88. The summed E-state index contributed by atoms with van der Waals surface area (Å²) >= 11 is 0. The van der Waals surface area contributed by atoms with E-state index < -0.39 is 0 Å². The topological polar surface area (TPSA) is 28.4 Å². The molecule has 3 fully saturated rings. The molecule has 1 saturated carbocycles. The van der Waals surface area contributed by atoms with E-state index in [0.29, 0.717) is 11.7 Å². The Labute approximate surface area is 137 Å². The van der Waals surface area contributed by atoms with Crippen molar-refractivity contribution in [2.24, 2.45) is 18.9 Å². The van der Waals surface area contributed by atoms with Gasteiger partial charge in [0.1, 0.15) is 5.75 Å². The molecule has 5 unspecified atom stereocenters. The zero-order chi connectivity index (χ0) is 15.7. The first-order valence-corrected chi connectivity index (χ1v) is 9.21. The minimum atomic E-state index is 0.395. The highest BCUT2D eigenvalue weighted by molar-refractivity contribution is 5.87. The van der Waals surface area contributed by atoms with Crippen LogP contribution in [0.2, 0.25) is 0 Å². The van der Waals surface area contributed by atoms with E-state index in [-0.39, 0.29) is 0 Å². The van der Waals surface area contributed by atoms with Gasteiger partial charge in [-0.05, 0) is 54.9 Å². The molecule has 0 amide bonds. The van der Waals surface area contributed by atoms with Crippen molar-refractivity contribution in [1.82, 2.24) is 9.47 Å². The van der Waals surface area contributed by atoms with E-state index in [9.17, 15) is 5.11 Å². The molecule has 6 rings (SSSR count). The van der Waals surface area contributed by atoms with Crippen LogP contribution in [0.1, 0.15) is 43.4 Å². The zero-order valence-electron chi connectivity index (χ0n) is 14.1. The smallest absolute Gasteiger partial charge is 0.116 e. The van der Waals surface area contributed by atoms with E-state index in [0.717, 1.165) is 24.3 Å². The summed E-state index contributed by atoms with van der Waals surface area (Å²) in [4.78, 5) is 2.80. The summed E-state index contributed by atoms with van der Waals surface area (Å²) in [7, 11) is 2.23. The number of nitrogens with zero attached hydrogens (tertiary/aromatic N) is 2. The first-order chi connectivity index (χ1) is 11.2. The maximum absolute atomic E-state index is 9.96. The molecule has 1 aliphatic carbocycles. The fourth-order valence-corrected chi connectivity index (χ4v) is 6.09. The molecule has 3 aliphatic heterocycles. The number of aromatic nitrogens is 1. The summed E-state index contributed by atoms with van der Waals surface area (Å²) < 4.78 is 2.44. The van der Waals surface area contributed by atoms with Crippen molar-refractivity contribution in [1.29, 1.82) is 0 Å². The molecule has 0 spiro atoms. The summed E-state index contributed by atoms with van der Waals surface area (Å²) in [6, 6.07) is 6.64. The molecule has 2 saturated heterocycles. The van der Waals surface area contributed by atoms with Crippen molar-refractivity contribution in [2.75, 3.05) is 13.1 Å². The summed E-state index contributed by atoms with van der Waals surface area (Å²) in [5.74, 6) is 2.83. The molecule has 1 N–H and O–H groups in total. The third-order valence-electron chi connectivity index (χ3n) is 6.89. The Morgan fingerprint density at radius 1 is 1.26 bits per heavy atom. The second-order valence-corrected chi connectivity index (χ2v) is 7.97. The van der Waals surface area contributed by atoms with Gasteiger partial charge < -0.3 is 9.67 Å². The lowest BCUT2D eigenvalue weighted by Crippen LogP contribution is -2.56. The van der Waals surface area contributed by atoms with Gasteiger partial charge in [-0.1, -0.05) is 13.3 Å². The number of hydrogen-bond donors (Lipinski definition) is 1. The van der Waals surface area contributed by atoms with E-state index >= 15 is 0 Å². The largest absolute Gasteiger partial charge is 0.508 e. The Bertz CT molecular complexity index is 778. The molecule has 1 aromatic carbocycles. The van der Waals surface area contributed by atoms with Gasteiger partial charge in [-0.3, -0.25) is 4.90 Å². The summed E-state index contributed by atoms with van der Waals surface area (Å²) in [5.41, 5.74) is 4.37. The van der Waals surface area contributed by atoms with Crippen molar-refractivity contribution in [3.8, 4) is 5.75 Å². The Morgan fingerprint density at radius 2 is 2.13 bits per heavy atom. The van der Waals surface area contributed by atoms with Gasteiger partial charge in [-0.2, -0.15) is 0 Å². The fourth-order valence-electron chi connectivity index (χ4n) is 6.09. The lowest BCUT2D eigenvalue weighted by atomic mass is 9.65. The van der Waals surface area contributed by atoms with Crippen LogP contribution >= 0.6 is 0 Å². The van der Waals surface area contributed by atoms with E-state index in [1.807, 2.05) is 12.1 Å². The predicted octanol–water partition coefficient (Wildman–Crippen LogP) is 3.64. The highest BCUT2D eigenvalue weighted by Crippen LogP contribution is 2.51. The minimum Gasteiger partial charge on any atom is -0.508 e. The number of phenols is 1. The van der Waals surface area contributed by atoms with E-state index in [1.54, 1.807) is 5.69 Å². The standard InChI is InChI=1S/C20H26N2O/c1-3-13-8-12-9-17-19(13)22(11-12)7-6-15-16-10-14(23)4-5-18(16)21(2)20(15)17/h4-5,10,12-13,17,19,23H,3,6-9,11H2,1-2H3. The van der Waals surface area contributed by atoms with Crippen LogP contribution in [-0.4, -0.2) is 33.7 Å². The van der Waals surface area contributed by atoms with Crippen LogP contribution < -0.4 is 0 Å². The molecule has 4 heterocycles. The molecule has 1 aromatic heterocycles. The van der Waals surface area contributed by atoms with E-state index in [1.165, 1.54) is 48.8 Å². The third-order valence-corrected chi connectivity index (χ3v) is 6.89. The molecule has 3 heteroatoms. The number of hydrogen-bond acceptors (Lipinski definition) is 2. The van der Waals surface area contributed by atoms with Crippen LogP contribution in [0.4, 0.5) is 0 Å². The van der Waals surface area contributed by atoms with Crippen LogP contribution in [0.15, 0.2) is 18.2 Å². The number of aryl methyl sites for hydroxylation is 1. The normalized spacial score (nSPS) is 35.3. The molecule has 23 heavy (non-hydrogen) atoms. The average molecular weight is 310 g/mol. The number of phenolic OH excluding ortho intramolecular Hbond substituents is 1. The predicted molar refractivity (Wildman–Crippen MR) is 92.9 cm³/mol. The number of benzene rings is 1. The third kappa shape index (κ3) is 1.80. The lowest BCUT2D eigenvalue weighted by molar-refractivity contribution is -0.0140. The number of piperidine rings is 2. The fraction of sp³-hybridized carbons (Fsp3) is 0.600. The summed E-state index contributed by atoms with van der Waals surface area (Å²) in [5, 5.41) is 11.2. The van der Waals surface area contributed by atoms with Gasteiger partial charge in [0, 0.05) is 48.7 Å². The number of rotatable bonds is 1. The molecule has 4 bridgehead atoms. The lowest BCUT2D eigenvalue weighted by Gasteiger charge is -2.53. The molecular weight excluding hydrogens is 284 g/mol. The maximum atomic E-state index is 9.96. The molecule has 5 atom stereocenters. The Kier molecular flexibility index (Phi) is 2.88. The van der Waals surface area contributed by atoms with Gasteiger partial charge >= 0.3 is 0 Å². The van der Waals surface area contributed by atoms with Crippen LogP contribution in [-0.2, 0) is 13.5 Å². The summed E-state index contributed by atoms with van der Waals surface area (Å²) in [6.07, 6.45) is 5.25. The number of aromatic hydroxyl groups is 1. The van der Waals surface area contributed by atoms with Gasteiger partial charge in [0.15, 0.2) is 0 Å². The van der Waals surface area contributed by atoms with E-state index in [4.69, 9.17) is 0 Å². The highest BCUT2D eigenvalue weighted by Gasteiger charge is 2.49. The Hall–Kier alpha value is -1.48. The van der Waals surface area contributed by atoms with Gasteiger partial charge in [0.25, 0.3) is 0 Å². The SMILES string of the molecule is CCC1CC2CC3c4c(c5cc(O)ccc5n4C)CCN(C2)C13. The van der Waals surface area contributed by atoms with Crippen molar-refractivity contribution >= 4 is 10.9 Å². The average Bonchev–Trinajstić information content (AvgIpc) is 2.76. The first-order valence-electron chi connectivity index (χ1n) is 9.21. The Morgan fingerprint density at radius 3 is 2.96 bits per heavy atom. The molecule has 0 radical (unpaired) electrons. The zero-order valence-corrected chi connectivity index (χ0v) is 14.1. The van der Waals surface area contributed by atoms with Crippen LogP contribution in [0.25, 0.3) is 10.9 Å². The van der Waals surface area contributed by atoms with Crippen molar-refractivity contribution < 1.29 is 5.11 Å². The maximum Gasteiger partial charge on any atom is 0.116 e. The quantitative estimate of drug-likeness (QED) is 0.871. The second-order valence-electron chi connectivity index (χ2n) is 7.97. The van der Waals surface area contributed by atoms with Crippen molar-refractivity contribution in [3.63, 3.8) is 0 Å². The highest BCUT2D eigenvalue weighted by atomic mass is 16.3. The number of fused-ring (bicyclic) bond motifs is 4. The van der Waals surface area contributed by atoms with Crippen molar-refractivity contribution in [2.45, 2.75) is 44.6 Å². The second kappa shape index (κ2) is 4.76. The molecular formula is C20H26N2O. The molecule has 3 nitrogen and oxygen atoms in total. The van der Waals surface area contributed by atoms with Gasteiger partial charge in [0.05, 0.1) is 0 Å². The van der Waals surface area contributed by atoms with Crippen LogP contribution in [0, 0.1) is 11.8 Å². The molecule has 4 aliphatic rings. The Balaban J connectivity index is 1.74. The monoisotopic (exact) mass is 310 g/mol. The van der Waals surface area contributed by atoms with Gasteiger partial charge in [-0.25, -0.2) is 0 Å². The van der Waals surface area contributed by atoms with E-state index in [2.05, 4.69) is 29.5 Å². The van der Waals surface area contributed by atoms with Crippen LogP contribution in [0.3, 0.4) is 0 Å². The van der Waals surface area contributed by atoms with Gasteiger partial charge in [0.2, 0.25) is 0 Å². The van der Waals surface area contributed by atoms with Crippen LogP contribution in [0.5, 0.6) is 5.75 Å². The first kappa shape index (κ1) is 13.9. The minimum absolute atomic E-state index is 0.395. The molecule has 122 valence electrons. The van der Waals surface area contributed by atoms with Gasteiger partial charge in [-0.15, -0.1) is 0 Å².